The number of nitriles is 1. The van der Waals surface area contributed by atoms with Gasteiger partial charge in [-0.05, 0) is 26.0 Å². The first kappa shape index (κ1) is 19.3. The van der Waals surface area contributed by atoms with Crippen LogP contribution in [0.15, 0.2) is 48.9 Å². The van der Waals surface area contributed by atoms with E-state index in [0.29, 0.717) is 17.9 Å². The van der Waals surface area contributed by atoms with Crippen molar-refractivity contribution in [1.82, 2.24) is 24.5 Å². The summed E-state index contributed by atoms with van der Waals surface area (Å²) in [6.45, 7) is 4.89. The summed E-state index contributed by atoms with van der Waals surface area (Å²) in [5, 5.41) is 20.7. The van der Waals surface area contributed by atoms with E-state index in [-0.39, 0.29) is 18.5 Å². The van der Waals surface area contributed by atoms with Gasteiger partial charge in [0.1, 0.15) is 11.6 Å². The Morgan fingerprint density at radius 1 is 1.25 bits per heavy atom. The largest absolute Gasteiger partial charge is 0.308 e. The molecule has 8 heteroatoms. The molecule has 2 aromatic heterocycles. The number of hydrogen-bond acceptors (Lipinski definition) is 5. The number of nitrogens with one attached hydrogen (secondary N) is 1. The van der Waals surface area contributed by atoms with Crippen LogP contribution in [0.4, 0.5) is 5.82 Å². The van der Waals surface area contributed by atoms with Crippen molar-refractivity contribution in [2.45, 2.75) is 26.4 Å². The molecule has 3 rings (SSSR count). The maximum atomic E-state index is 12.7. The number of rotatable bonds is 7. The summed E-state index contributed by atoms with van der Waals surface area (Å²) < 4.78 is 3.31. The fourth-order valence-electron chi connectivity index (χ4n) is 2.88. The highest BCUT2D eigenvalue weighted by Crippen LogP contribution is 2.19. The van der Waals surface area contributed by atoms with E-state index in [1.54, 1.807) is 15.6 Å². The molecule has 1 N–H and O–H groups in total. The number of hydrogen-bond donors (Lipinski definition) is 1. The fraction of sp³-hybridized carbons (Fsp3) is 0.300. The quantitative estimate of drug-likeness (QED) is 0.682. The van der Waals surface area contributed by atoms with Gasteiger partial charge in [-0.25, -0.2) is 4.68 Å². The molecule has 0 unspecified atom stereocenters. The molecule has 2 heterocycles. The van der Waals surface area contributed by atoms with Crippen LogP contribution in [-0.2, 0) is 18.4 Å². The number of benzene rings is 1. The number of aryl methyl sites for hydroxylation is 1. The molecule has 0 saturated carbocycles. The number of carbonyl (C=O) groups is 1. The van der Waals surface area contributed by atoms with Crippen LogP contribution in [0, 0.1) is 11.3 Å². The molecule has 1 amide bonds. The molecule has 0 aliphatic carbocycles. The number of anilines is 1. The molecule has 0 aliphatic rings. The Balaban J connectivity index is 1.76. The summed E-state index contributed by atoms with van der Waals surface area (Å²) in [6.07, 6.45) is 5.19. The smallest absolute Gasteiger partial charge is 0.239 e. The first-order valence-corrected chi connectivity index (χ1v) is 9.03. The summed E-state index contributed by atoms with van der Waals surface area (Å²) in [5.41, 5.74) is 2.13. The summed E-state index contributed by atoms with van der Waals surface area (Å²) in [7, 11) is 1.87. The number of amides is 1. The highest BCUT2D eigenvalue weighted by Gasteiger charge is 2.19. The molecule has 0 fully saturated rings. The lowest BCUT2D eigenvalue weighted by Crippen LogP contribution is -2.37. The minimum absolute atomic E-state index is 0.167. The number of aromatic nitrogens is 4. The summed E-state index contributed by atoms with van der Waals surface area (Å²) >= 11 is 0. The Labute approximate surface area is 164 Å². The zero-order valence-electron chi connectivity index (χ0n) is 16.2. The van der Waals surface area contributed by atoms with Gasteiger partial charge in [-0.2, -0.15) is 15.5 Å². The van der Waals surface area contributed by atoms with Crippen molar-refractivity contribution in [3.63, 3.8) is 0 Å². The second-order valence-electron chi connectivity index (χ2n) is 6.84. The summed E-state index contributed by atoms with van der Waals surface area (Å²) in [6, 6.07) is 11.6. The van der Waals surface area contributed by atoms with Gasteiger partial charge in [0.25, 0.3) is 0 Å². The van der Waals surface area contributed by atoms with Crippen LogP contribution >= 0.6 is 0 Å². The zero-order chi connectivity index (χ0) is 20.1. The van der Waals surface area contributed by atoms with E-state index in [0.717, 1.165) is 11.3 Å². The van der Waals surface area contributed by atoms with Crippen LogP contribution in [-0.4, -0.2) is 43.0 Å². The Morgan fingerprint density at radius 3 is 2.61 bits per heavy atom. The Bertz CT molecular complexity index is 982. The van der Waals surface area contributed by atoms with Crippen molar-refractivity contribution < 1.29 is 4.79 Å². The lowest BCUT2D eigenvalue weighted by Gasteiger charge is -2.25. The predicted octanol–water partition coefficient (Wildman–Crippen LogP) is 2.33. The van der Waals surface area contributed by atoms with Crippen molar-refractivity contribution in [3.8, 4) is 11.8 Å². The average molecular weight is 377 g/mol. The maximum absolute atomic E-state index is 12.7. The van der Waals surface area contributed by atoms with Crippen LogP contribution in [0.2, 0.25) is 0 Å². The van der Waals surface area contributed by atoms with Crippen molar-refractivity contribution >= 4 is 11.7 Å². The third kappa shape index (κ3) is 4.45. The monoisotopic (exact) mass is 377 g/mol. The van der Waals surface area contributed by atoms with Crippen molar-refractivity contribution in [2.75, 3.05) is 11.9 Å². The normalized spacial score (nSPS) is 11.0. The van der Waals surface area contributed by atoms with Crippen LogP contribution in [0.25, 0.3) is 5.69 Å². The Hall–Kier alpha value is -3.44. The van der Waals surface area contributed by atoms with Crippen LogP contribution < -0.4 is 5.32 Å². The molecule has 8 nitrogen and oxygen atoms in total. The van der Waals surface area contributed by atoms with Crippen LogP contribution in [0.3, 0.4) is 0 Å². The lowest BCUT2D eigenvalue weighted by molar-refractivity contribution is -0.117. The molecule has 0 atom stereocenters. The molecular formula is C20H23N7O. The molecule has 0 saturated heterocycles. The molecule has 0 radical (unpaired) electrons. The minimum Gasteiger partial charge on any atom is -0.308 e. The zero-order valence-corrected chi connectivity index (χ0v) is 16.2. The van der Waals surface area contributed by atoms with E-state index in [1.165, 1.54) is 6.20 Å². The molecule has 0 bridgehead atoms. The fourth-order valence-corrected chi connectivity index (χ4v) is 2.88. The van der Waals surface area contributed by atoms with Gasteiger partial charge in [0.05, 0.1) is 24.6 Å². The third-order valence-corrected chi connectivity index (χ3v) is 4.37. The number of para-hydroxylation sites is 1. The van der Waals surface area contributed by atoms with Gasteiger partial charge in [0.2, 0.25) is 5.91 Å². The summed E-state index contributed by atoms with van der Waals surface area (Å²) in [4.78, 5) is 14.8. The molecular weight excluding hydrogens is 354 g/mol. The maximum Gasteiger partial charge on any atom is 0.239 e. The Morgan fingerprint density at radius 2 is 2.00 bits per heavy atom. The predicted molar refractivity (Wildman–Crippen MR) is 106 cm³/mol. The van der Waals surface area contributed by atoms with E-state index in [4.69, 9.17) is 0 Å². The van der Waals surface area contributed by atoms with E-state index in [9.17, 15) is 10.1 Å². The average Bonchev–Trinajstić information content (AvgIpc) is 3.27. The highest BCUT2D eigenvalue weighted by atomic mass is 16.2. The highest BCUT2D eigenvalue weighted by molar-refractivity contribution is 5.93. The second kappa shape index (κ2) is 8.50. The van der Waals surface area contributed by atoms with Crippen molar-refractivity contribution in [3.05, 3.63) is 60.0 Å². The minimum atomic E-state index is -0.202. The van der Waals surface area contributed by atoms with Crippen molar-refractivity contribution in [2.24, 2.45) is 7.05 Å². The van der Waals surface area contributed by atoms with Gasteiger partial charge in [-0.1, -0.05) is 18.2 Å². The molecule has 28 heavy (non-hydrogen) atoms. The van der Waals surface area contributed by atoms with Gasteiger partial charge in [-0.3, -0.25) is 14.4 Å². The SMILES string of the molecule is CC(C)N(CC(=O)Nc1c(C#N)cnn1-c1ccccc1)Cc1cnn(C)c1. The number of carbonyl (C=O) groups excluding carboxylic acids is 1. The summed E-state index contributed by atoms with van der Waals surface area (Å²) in [5.74, 6) is 0.176. The van der Waals surface area contributed by atoms with Crippen LogP contribution in [0.5, 0.6) is 0 Å². The molecule has 0 spiro atoms. The van der Waals surface area contributed by atoms with Gasteiger partial charge in [-0.15, -0.1) is 0 Å². The molecule has 1 aromatic carbocycles. The topological polar surface area (TPSA) is 91.8 Å². The molecule has 0 aliphatic heterocycles. The first-order valence-electron chi connectivity index (χ1n) is 9.03. The standard InChI is InChI=1S/C20H23N7O/c1-15(2)26(13-16-10-22-25(3)12-16)14-19(28)24-20-17(9-21)11-23-27(20)18-7-5-4-6-8-18/h4-8,10-12,15H,13-14H2,1-3H3,(H,24,28). The van der Waals surface area contributed by atoms with Gasteiger partial charge >= 0.3 is 0 Å². The van der Waals surface area contributed by atoms with E-state index in [1.807, 2.05) is 62.3 Å². The molecule has 144 valence electrons. The van der Waals surface area contributed by atoms with Crippen LogP contribution in [0.1, 0.15) is 25.0 Å². The second-order valence-corrected chi connectivity index (χ2v) is 6.84. The first-order chi connectivity index (χ1) is 13.5. The van der Waals surface area contributed by atoms with Gasteiger partial charge in [0.15, 0.2) is 5.82 Å². The van der Waals surface area contributed by atoms with E-state index >= 15 is 0 Å². The van der Waals surface area contributed by atoms with Gasteiger partial charge < -0.3 is 5.32 Å². The van der Waals surface area contributed by atoms with Crippen molar-refractivity contribution in [1.29, 1.82) is 5.26 Å². The van der Waals surface area contributed by atoms with E-state index in [2.05, 4.69) is 21.6 Å². The van der Waals surface area contributed by atoms with E-state index < -0.39 is 0 Å². The third-order valence-electron chi connectivity index (χ3n) is 4.37. The molecule has 3 aromatic rings. The lowest BCUT2D eigenvalue weighted by atomic mass is 10.2. The van der Waals surface area contributed by atoms with Gasteiger partial charge in [0, 0.05) is 31.4 Å². The number of nitrogens with zero attached hydrogens (tertiary/aromatic N) is 6. The Kier molecular flexibility index (Phi) is 5.87.